The SMILES string of the molecule is COc1ccccc1CCC(=O)NC[C@H](N)Cc1c[nH]c2ccccc12. The van der Waals surface area contributed by atoms with Crippen LogP contribution < -0.4 is 15.8 Å². The minimum atomic E-state index is -0.121. The summed E-state index contributed by atoms with van der Waals surface area (Å²) in [7, 11) is 1.64. The zero-order chi connectivity index (χ0) is 18.4. The highest BCUT2D eigenvalue weighted by Crippen LogP contribution is 2.19. The lowest BCUT2D eigenvalue weighted by molar-refractivity contribution is -0.121. The minimum absolute atomic E-state index is 0.00489. The first-order valence-electron chi connectivity index (χ1n) is 8.86. The number of aromatic amines is 1. The normalized spacial score (nSPS) is 12.1. The average Bonchev–Trinajstić information content (AvgIpc) is 3.08. The summed E-state index contributed by atoms with van der Waals surface area (Å²) in [5.41, 5.74) is 9.53. The van der Waals surface area contributed by atoms with E-state index in [9.17, 15) is 4.79 Å². The van der Waals surface area contributed by atoms with E-state index in [0.717, 1.165) is 23.3 Å². The Hall–Kier alpha value is -2.79. The van der Waals surface area contributed by atoms with E-state index in [4.69, 9.17) is 10.5 Å². The number of ether oxygens (including phenoxy) is 1. The van der Waals surface area contributed by atoms with Crippen molar-refractivity contribution >= 4 is 16.8 Å². The summed E-state index contributed by atoms with van der Waals surface area (Å²) in [5.74, 6) is 0.821. The maximum atomic E-state index is 12.1. The molecular weight excluding hydrogens is 326 g/mol. The molecule has 0 saturated carbocycles. The van der Waals surface area contributed by atoms with Gasteiger partial charge in [-0.1, -0.05) is 36.4 Å². The van der Waals surface area contributed by atoms with Crippen LogP contribution in [-0.4, -0.2) is 30.6 Å². The standard InChI is InChI=1S/C21H25N3O2/c1-26-20-9-5-2-6-15(20)10-11-21(25)24-14-17(22)12-16-13-23-19-8-4-3-7-18(16)19/h2-9,13,17,23H,10-12,14,22H2,1H3,(H,24,25)/t17-/m1/s1. The number of H-pyrrole nitrogens is 1. The summed E-state index contributed by atoms with van der Waals surface area (Å²) >= 11 is 0. The molecule has 136 valence electrons. The molecule has 0 aliphatic carbocycles. The molecule has 26 heavy (non-hydrogen) atoms. The second kappa shape index (κ2) is 8.54. The molecule has 0 bridgehead atoms. The summed E-state index contributed by atoms with van der Waals surface area (Å²) < 4.78 is 5.32. The van der Waals surface area contributed by atoms with Gasteiger partial charge in [-0.3, -0.25) is 4.79 Å². The Morgan fingerprint density at radius 1 is 1.15 bits per heavy atom. The maximum absolute atomic E-state index is 12.1. The van der Waals surface area contributed by atoms with Gasteiger partial charge in [0.1, 0.15) is 5.75 Å². The predicted molar refractivity (Wildman–Crippen MR) is 104 cm³/mol. The molecule has 2 aromatic carbocycles. The first kappa shape index (κ1) is 18.0. The van der Waals surface area contributed by atoms with E-state index >= 15 is 0 Å². The lowest BCUT2D eigenvalue weighted by Crippen LogP contribution is -2.38. The van der Waals surface area contributed by atoms with Crippen LogP contribution in [0.1, 0.15) is 17.5 Å². The Kier molecular flexibility index (Phi) is 5.92. The summed E-state index contributed by atoms with van der Waals surface area (Å²) in [6, 6.07) is 15.8. The molecule has 0 fully saturated rings. The quantitative estimate of drug-likeness (QED) is 0.584. The highest BCUT2D eigenvalue weighted by atomic mass is 16.5. The Labute approximate surface area is 153 Å². The van der Waals surface area contributed by atoms with E-state index in [1.165, 1.54) is 10.9 Å². The molecule has 0 spiro atoms. The third-order valence-corrected chi connectivity index (χ3v) is 4.53. The maximum Gasteiger partial charge on any atom is 0.220 e. The van der Waals surface area contributed by atoms with Crippen LogP contribution in [0.2, 0.25) is 0 Å². The van der Waals surface area contributed by atoms with Crippen LogP contribution in [-0.2, 0) is 17.6 Å². The minimum Gasteiger partial charge on any atom is -0.496 e. The van der Waals surface area contributed by atoms with E-state index in [1.54, 1.807) is 7.11 Å². The number of fused-ring (bicyclic) bond motifs is 1. The number of carbonyl (C=O) groups excluding carboxylic acids is 1. The molecule has 0 aliphatic rings. The molecule has 0 radical (unpaired) electrons. The number of amides is 1. The van der Waals surface area contributed by atoms with Crippen molar-refractivity contribution in [3.8, 4) is 5.75 Å². The van der Waals surface area contributed by atoms with Crippen molar-refractivity contribution in [1.29, 1.82) is 0 Å². The number of hydrogen-bond donors (Lipinski definition) is 3. The van der Waals surface area contributed by atoms with Crippen molar-refractivity contribution in [3.05, 3.63) is 65.9 Å². The van der Waals surface area contributed by atoms with Crippen molar-refractivity contribution in [2.24, 2.45) is 5.73 Å². The van der Waals surface area contributed by atoms with Gasteiger partial charge >= 0.3 is 0 Å². The van der Waals surface area contributed by atoms with Crippen LogP contribution >= 0.6 is 0 Å². The molecular formula is C21H25N3O2. The third-order valence-electron chi connectivity index (χ3n) is 4.53. The van der Waals surface area contributed by atoms with E-state index in [0.29, 0.717) is 19.4 Å². The molecule has 1 atom stereocenters. The number of benzene rings is 2. The first-order chi connectivity index (χ1) is 12.7. The van der Waals surface area contributed by atoms with Crippen molar-refractivity contribution < 1.29 is 9.53 Å². The molecule has 3 aromatic rings. The van der Waals surface area contributed by atoms with E-state index in [-0.39, 0.29) is 11.9 Å². The third kappa shape index (κ3) is 4.43. The number of aromatic nitrogens is 1. The summed E-state index contributed by atoms with van der Waals surface area (Å²) in [6.45, 7) is 0.463. The molecule has 0 saturated heterocycles. The predicted octanol–water partition coefficient (Wildman–Crippen LogP) is 2.80. The lowest BCUT2D eigenvalue weighted by atomic mass is 10.1. The highest BCUT2D eigenvalue weighted by molar-refractivity contribution is 5.83. The van der Waals surface area contributed by atoms with E-state index in [1.807, 2.05) is 48.7 Å². The lowest BCUT2D eigenvalue weighted by Gasteiger charge is -2.13. The fraction of sp³-hybridized carbons (Fsp3) is 0.286. The number of nitrogens with two attached hydrogens (primary N) is 1. The molecule has 0 unspecified atom stereocenters. The Morgan fingerprint density at radius 2 is 1.92 bits per heavy atom. The number of hydrogen-bond acceptors (Lipinski definition) is 3. The van der Waals surface area contributed by atoms with Gasteiger partial charge in [0.25, 0.3) is 0 Å². The van der Waals surface area contributed by atoms with Crippen molar-refractivity contribution in [2.45, 2.75) is 25.3 Å². The molecule has 0 aliphatic heterocycles. The second-order valence-corrected chi connectivity index (χ2v) is 6.44. The van der Waals surface area contributed by atoms with Crippen molar-refractivity contribution in [1.82, 2.24) is 10.3 Å². The summed E-state index contributed by atoms with van der Waals surface area (Å²) in [5, 5.41) is 4.12. The second-order valence-electron chi connectivity index (χ2n) is 6.44. The number of para-hydroxylation sites is 2. The van der Waals surface area contributed by atoms with Gasteiger partial charge in [-0.2, -0.15) is 0 Å². The van der Waals surface area contributed by atoms with Crippen molar-refractivity contribution in [2.75, 3.05) is 13.7 Å². The van der Waals surface area contributed by atoms with Gasteiger partial charge in [0.05, 0.1) is 7.11 Å². The van der Waals surface area contributed by atoms with Crippen molar-refractivity contribution in [3.63, 3.8) is 0 Å². The van der Waals surface area contributed by atoms with Gasteiger partial charge in [-0.25, -0.2) is 0 Å². The topological polar surface area (TPSA) is 80.1 Å². The van der Waals surface area contributed by atoms with Crippen LogP contribution in [0.25, 0.3) is 10.9 Å². The number of carbonyl (C=O) groups is 1. The number of methoxy groups -OCH3 is 1. The van der Waals surface area contributed by atoms with Crippen LogP contribution in [0.3, 0.4) is 0 Å². The molecule has 1 heterocycles. The smallest absolute Gasteiger partial charge is 0.220 e. The molecule has 4 N–H and O–H groups in total. The monoisotopic (exact) mass is 351 g/mol. The highest BCUT2D eigenvalue weighted by Gasteiger charge is 2.11. The Morgan fingerprint density at radius 3 is 2.77 bits per heavy atom. The van der Waals surface area contributed by atoms with Gasteiger partial charge in [0, 0.05) is 36.1 Å². The number of aryl methyl sites for hydroxylation is 1. The average molecular weight is 351 g/mol. The van der Waals surface area contributed by atoms with Crippen LogP contribution in [0.5, 0.6) is 5.75 Å². The fourth-order valence-electron chi connectivity index (χ4n) is 3.15. The fourth-order valence-corrected chi connectivity index (χ4v) is 3.15. The first-order valence-corrected chi connectivity index (χ1v) is 8.86. The van der Waals surface area contributed by atoms with E-state index in [2.05, 4.69) is 16.4 Å². The van der Waals surface area contributed by atoms with Crippen LogP contribution in [0.4, 0.5) is 0 Å². The summed E-state index contributed by atoms with van der Waals surface area (Å²) in [6.07, 6.45) is 3.78. The summed E-state index contributed by atoms with van der Waals surface area (Å²) in [4.78, 5) is 15.4. The number of rotatable bonds is 8. The zero-order valence-corrected chi connectivity index (χ0v) is 15.0. The van der Waals surface area contributed by atoms with Gasteiger partial charge in [0.2, 0.25) is 5.91 Å². The van der Waals surface area contributed by atoms with Gasteiger partial charge in [0.15, 0.2) is 0 Å². The largest absolute Gasteiger partial charge is 0.496 e. The van der Waals surface area contributed by atoms with Gasteiger partial charge in [-0.05, 0) is 36.1 Å². The van der Waals surface area contributed by atoms with Crippen LogP contribution in [0.15, 0.2) is 54.7 Å². The Bertz CT molecular complexity index is 872. The van der Waals surface area contributed by atoms with Gasteiger partial charge in [-0.15, -0.1) is 0 Å². The Balaban J connectivity index is 1.46. The molecule has 5 nitrogen and oxygen atoms in total. The van der Waals surface area contributed by atoms with Crippen LogP contribution in [0, 0.1) is 0 Å². The zero-order valence-electron chi connectivity index (χ0n) is 15.0. The molecule has 3 rings (SSSR count). The van der Waals surface area contributed by atoms with E-state index < -0.39 is 0 Å². The molecule has 1 amide bonds. The molecule has 1 aromatic heterocycles. The number of nitrogens with one attached hydrogen (secondary N) is 2. The molecule has 5 heteroatoms. The van der Waals surface area contributed by atoms with Gasteiger partial charge < -0.3 is 20.8 Å².